The van der Waals surface area contributed by atoms with Gasteiger partial charge in [0.05, 0.1) is 19.3 Å². The predicted octanol–water partition coefficient (Wildman–Crippen LogP) is 9.32. The van der Waals surface area contributed by atoms with Crippen molar-refractivity contribution < 1.29 is 40.9 Å². The maximum absolute atomic E-state index is 14.0. The summed E-state index contributed by atoms with van der Waals surface area (Å²) in [5.41, 5.74) is 1.39. The third kappa shape index (κ3) is 7.25. The first-order valence-electron chi connectivity index (χ1n) is 14.3. The SMILES string of the molecule is CCCOc1ccc2c(C)c(C3CCC(C4CCC(COc5cc(F)c(OC(F)(F)F)c(F)c5)OC4)CC3)sc2c1. The van der Waals surface area contributed by atoms with Crippen molar-refractivity contribution >= 4 is 21.4 Å². The van der Waals surface area contributed by atoms with Gasteiger partial charge in [-0.2, -0.15) is 0 Å². The van der Waals surface area contributed by atoms with Crippen molar-refractivity contribution in [1.82, 2.24) is 0 Å². The molecule has 2 fully saturated rings. The van der Waals surface area contributed by atoms with Crippen molar-refractivity contribution in [3.8, 4) is 17.2 Å². The first-order valence-corrected chi connectivity index (χ1v) is 15.1. The summed E-state index contributed by atoms with van der Waals surface area (Å²) >= 11 is 1.90. The predicted molar refractivity (Wildman–Crippen MR) is 148 cm³/mol. The lowest BCUT2D eigenvalue weighted by Gasteiger charge is -2.37. The molecule has 1 aliphatic heterocycles. The van der Waals surface area contributed by atoms with Gasteiger partial charge in [0, 0.05) is 21.7 Å². The Morgan fingerprint density at radius 3 is 2.24 bits per heavy atom. The van der Waals surface area contributed by atoms with Crippen molar-refractivity contribution in [3.05, 3.63) is 52.4 Å². The van der Waals surface area contributed by atoms with Crippen LogP contribution in [0.4, 0.5) is 22.0 Å². The summed E-state index contributed by atoms with van der Waals surface area (Å²) in [5.74, 6) is -2.09. The first kappa shape index (κ1) is 29.9. The molecule has 5 rings (SSSR count). The molecule has 1 aliphatic carbocycles. The number of aryl methyl sites for hydroxylation is 1. The molecule has 2 atom stereocenters. The van der Waals surface area contributed by atoms with Gasteiger partial charge in [-0.3, -0.25) is 0 Å². The molecule has 10 heteroatoms. The molecule has 2 aliphatic rings. The van der Waals surface area contributed by atoms with Crippen molar-refractivity contribution in [3.63, 3.8) is 0 Å². The molecule has 2 unspecified atom stereocenters. The highest BCUT2D eigenvalue weighted by atomic mass is 32.1. The average molecular weight is 599 g/mol. The molecule has 1 aromatic heterocycles. The largest absolute Gasteiger partial charge is 0.573 e. The van der Waals surface area contributed by atoms with E-state index in [1.54, 1.807) is 0 Å². The molecule has 4 nitrogen and oxygen atoms in total. The van der Waals surface area contributed by atoms with Gasteiger partial charge >= 0.3 is 6.36 Å². The van der Waals surface area contributed by atoms with Gasteiger partial charge in [-0.15, -0.1) is 24.5 Å². The fraction of sp³-hybridized carbons (Fsp3) is 0.548. The van der Waals surface area contributed by atoms with Crippen LogP contribution in [0.2, 0.25) is 0 Å². The quantitative estimate of drug-likeness (QED) is 0.230. The van der Waals surface area contributed by atoms with Gasteiger partial charge in [0.2, 0.25) is 5.75 Å². The summed E-state index contributed by atoms with van der Waals surface area (Å²) in [5, 5.41) is 1.32. The first-order chi connectivity index (χ1) is 19.6. The van der Waals surface area contributed by atoms with Crippen LogP contribution in [0.15, 0.2) is 30.3 Å². The Kier molecular flexibility index (Phi) is 9.28. The van der Waals surface area contributed by atoms with Gasteiger partial charge in [-0.1, -0.05) is 6.92 Å². The van der Waals surface area contributed by atoms with Crippen molar-refractivity contribution in [2.45, 2.75) is 77.2 Å². The number of halogens is 5. The van der Waals surface area contributed by atoms with Gasteiger partial charge in [-0.25, -0.2) is 8.78 Å². The second-order valence-corrected chi connectivity index (χ2v) is 12.2. The third-order valence-corrected chi connectivity index (χ3v) is 9.68. The number of rotatable bonds is 9. The van der Waals surface area contributed by atoms with Gasteiger partial charge in [0.25, 0.3) is 0 Å². The highest BCUT2D eigenvalue weighted by Gasteiger charge is 2.35. The third-order valence-electron chi connectivity index (χ3n) is 8.26. The standard InChI is InChI=1S/C31H35F5O4S/c1-3-12-37-22-10-11-25-18(2)30(41-28(25)15-22)20-6-4-19(5-7-20)21-8-9-23(38-16-21)17-39-24-13-26(32)29(27(33)14-24)40-31(34,35)36/h10-11,13-15,19-21,23H,3-9,12,16-17H2,1-2H3. The highest BCUT2D eigenvalue weighted by molar-refractivity contribution is 7.19. The topological polar surface area (TPSA) is 36.9 Å². The fourth-order valence-electron chi connectivity index (χ4n) is 6.13. The lowest BCUT2D eigenvalue weighted by molar-refractivity contribution is -0.276. The van der Waals surface area contributed by atoms with E-state index in [0.717, 1.165) is 57.3 Å². The highest BCUT2D eigenvalue weighted by Crippen LogP contribution is 2.46. The molecule has 3 aromatic rings. The minimum absolute atomic E-state index is 0.0637. The zero-order valence-electron chi connectivity index (χ0n) is 23.2. The average Bonchev–Trinajstić information content (AvgIpc) is 3.28. The number of ether oxygens (including phenoxy) is 4. The molecule has 1 saturated heterocycles. The van der Waals surface area contributed by atoms with Crippen LogP contribution in [0.3, 0.4) is 0 Å². The summed E-state index contributed by atoms with van der Waals surface area (Å²) in [6, 6.07) is 7.80. The second-order valence-electron chi connectivity index (χ2n) is 11.1. The summed E-state index contributed by atoms with van der Waals surface area (Å²) < 4.78 is 87.0. The van der Waals surface area contributed by atoms with Gasteiger partial charge in [-0.05, 0) is 98.8 Å². The van der Waals surface area contributed by atoms with Crippen LogP contribution >= 0.6 is 11.3 Å². The molecule has 2 heterocycles. The molecule has 0 amide bonds. The maximum Gasteiger partial charge on any atom is 0.573 e. The van der Waals surface area contributed by atoms with E-state index >= 15 is 0 Å². The zero-order chi connectivity index (χ0) is 29.1. The van der Waals surface area contributed by atoms with Crippen LogP contribution in [-0.2, 0) is 4.74 Å². The minimum Gasteiger partial charge on any atom is -0.494 e. The summed E-state index contributed by atoms with van der Waals surface area (Å²) in [7, 11) is 0. The zero-order valence-corrected chi connectivity index (χ0v) is 24.0. The Labute approximate surface area is 240 Å². The van der Waals surface area contributed by atoms with Crippen LogP contribution < -0.4 is 14.2 Å². The Hall–Kier alpha value is -2.59. The molecule has 224 valence electrons. The Morgan fingerprint density at radius 1 is 0.902 bits per heavy atom. The van der Waals surface area contributed by atoms with E-state index in [2.05, 4.69) is 36.8 Å². The van der Waals surface area contributed by atoms with E-state index in [4.69, 9.17) is 14.2 Å². The Bertz CT molecular complexity index is 1300. The van der Waals surface area contributed by atoms with Crippen LogP contribution in [0.5, 0.6) is 17.2 Å². The van der Waals surface area contributed by atoms with Crippen LogP contribution in [0.1, 0.15) is 68.2 Å². The number of hydrogen-bond donors (Lipinski definition) is 0. The van der Waals surface area contributed by atoms with E-state index < -0.39 is 23.7 Å². The number of benzene rings is 2. The van der Waals surface area contributed by atoms with E-state index in [1.165, 1.54) is 20.5 Å². The molecule has 41 heavy (non-hydrogen) atoms. The van der Waals surface area contributed by atoms with Gasteiger partial charge in [0.15, 0.2) is 11.6 Å². The fourth-order valence-corrected chi connectivity index (χ4v) is 7.54. The molecule has 2 aromatic carbocycles. The van der Waals surface area contributed by atoms with E-state index in [0.29, 0.717) is 36.5 Å². The molecule has 0 spiro atoms. The summed E-state index contributed by atoms with van der Waals surface area (Å²) in [6.07, 6.45) is 1.91. The van der Waals surface area contributed by atoms with Crippen LogP contribution in [0, 0.1) is 30.4 Å². The Morgan fingerprint density at radius 2 is 1.61 bits per heavy atom. The minimum atomic E-state index is -5.19. The number of fused-ring (bicyclic) bond motifs is 1. The normalized spacial score (nSPS) is 23.5. The van der Waals surface area contributed by atoms with Gasteiger partial charge in [0.1, 0.15) is 18.1 Å². The number of alkyl halides is 3. The van der Waals surface area contributed by atoms with Crippen molar-refractivity contribution in [1.29, 1.82) is 0 Å². The molecular formula is C31H35F5O4S. The van der Waals surface area contributed by atoms with E-state index in [9.17, 15) is 22.0 Å². The van der Waals surface area contributed by atoms with E-state index in [-0.39, 0.29) is 18.5 Å². The lowest BCUT2D eigenvalue weighted by atomic mass is 9.73. The van der Waals surface area contributed by atoms with Crippen LogP contribution in [0.25, 0.3) is 10.1 Å². The molecule has 0 N–H and O–H groups in total. The maximum atomic E-state index is 14.0. The molecule has 0 radical (unpaired) electrons. The summed E-state index contributed by atoms with van der Waals surface area (Å²) in [6.45, 7) is 5.73. The second kappa shape index (κ2) is 12.7. The van der Waals surface area contributed by atoms with Crippen LogP contribution in [-0.4, -0.2) is 32.3 Å². The molecule has 0 bridgehead atoms. The van der Waals surface area contributed by atoms with E-state index in [1.807, 2.05) is 11.3 Å². The molecular weight excluding hydrogens is 563 g/mol. The van der Waals surface area contributed by atoms with Crippen molar-refractivity contribution in [2.75, 3.05) is 19.8 Å². The van der Waals surface area contributed by atoms with Gasteiger partial charge < -0.3 is 18.9 Å². The Balaban J connectivity index is 1.09. The van der Waals surface area contributed by atoms with Crippen molar-refractivity contribution in [2.24, 2.45) is 11.8 Å². The lowest BCUT2D eigenvalue weighted by Crippen LogP contribution is -2.35. The smallest absolute Gasteiger partial charge is 0.494 e. The monoisotopic (exact) mass is 598 g/mol. The summed E-state index contributed by atoms with van der Waals surface area (Å²) in [4.78, 5) is 1.49. The number of hydrogen-bond acceptors (Lipinski definition) is 5. The molecule has 1 saturated carbocycles. The number of thiophene rings is 1.